The van der Waals surface area contributed by atoms with E-state index in [0.29, 0.717) is 25.4 Å². The Bertz CT molecular complexity index is 1190. The van der Waals surface area contributed by atoms with E-state index < -0.39 is 16.1 Å². The number of benzene rings is 2. The fourth-order valence-electron chi connectivity index (χ4n) is 4.61. The Hall–Kier alpha value is -2.66. The van der Waals surface area contributed by atoms with Gasteiger partial charge in [-0.05, 0) is 77.4 Å². The van der Waals surface area contributed by atoms with Gasteiger partial charge in [-0.25, -0.2) is 8.42 Å². The first-order valence-corrected chi connectivity index (χ1v) is 15.1. The van der Waals surface area contributed by atoms with Crippen LogP contribution in [0.3, 0.4) is 0 Å². The minimum Gasteiger partial charge on any atom is -0.490 e. The number of amides is 1. The Morgan fingerprint density at radius 1 is 1.13 bits per heavy atom. The summed E-state index contributed by atoms with van der Waals surface area (Å²) in [6.07, 6.45) is 2.31. The zero-order valence-corrected chi connectivity index (χ0v) is 24.5. The Labute approximate surface area is 232 Å². The molecule has 4 atom stereocenters. The predicted octanol–water partition coefficient (Wildman–Crippen LogP) is 3.81. The molecule has 1 amide bonds. The average Bonchev–Trinajstić information content (AvgIpc) is 2.90. The van der Waals surface area contributed by atoms with Crippen LogP contribution < -0.4 is 14.8 Å². The molecule has 2 aromatic carbocycles. The van der Waals surface area contributed by atoms with Crippen LogP contribution in [0.2, 0.25) is 0 Å². The van der Waals surface area contributed by atoms with Crippen molar-refractivity contribution in [2.24, 2.45) is 5.92 Å². The van der Waals surface area contributed by atoms with Crippen LogP contribution in [-0.2, 0) is 14.8 Å². The number of nitrogens with one attached hydrogen (secondary N) is 2. The van der Waals surface area contributed by atoms with Crippen molar-refractivity contribution < 1.29 is 27.8 Å². The van der Waals surface area contributed by atoms with Gasteiger partial charge in [0.2, 0.25) is 0 Å². The lowest BCUT2D eigenvalue weighted by Crippen LogP contribution is -2.47. The van der Waals surface area contributed by atoms with Crippen LogP contribution in [0.15, 0.2) is 47.4 Å². The molecule has 0 bridgehead atoms. The zero-order valence-electron chi connectivity index (χ0n) is 23.6. The van der Waals surface area contributed by atoms with Crippen molar-refractivity contribution in [3.05, 3.63) is 53.6 Å². The molecular formula is C29H43N3O6S. The van der Waals surface area contributed by atoms with Gasteiger partial charge in [0.25, 0.3) is 15.9 Å². The number of aryl methyl sites for hydroxylation is 1. The summed E-state index contributed by atoms with van der Waals surface area (Å²) >= 11 is 0. The van der Waals surface area contributed by atoms with Crippen LogP contribution in [0.5, 0.6) is 5.75 Å². The molecule has 2 aromatic rings. The number of nitrogens with zero attached hydrogens (tertiary/aromatic N) is 1. The van der Waals surface area contributed by atoms with E-state index in [1.54, 1.807) is 48.2 Å². The van der Waals surface area contributed by atoms with Crippen molar-refractivity contribution in [1.29, 1.82) is 0 Å². The molecule has 0 aliphatic carbocycles. The SMILES string of the molecule is CNC[C@H]1OCCCC[C@H](C)Oc2ccc(NS(=O)(=O)c3ccc(C)cc3)cc2C(=O)N([C@H](C)CO)C[C@H]1C. The molecule has 3 N–H and O–H groups in total. The summed E-state index contributed by atoms with van der Waals surface area (Å²) in [4.78, 5) is 15.8. The maximum atomic E-state index is 14.1. The third-order valence-electron chi connectivity index (χ3n) is 7.04. The average molecular weight is 562 g/mol. The van der Waals surface area contributed by atoms with Crippen molar-refractivity contribution >= 4 is 21.6 Å². The molecule has 0 aromatic heterocycles. The molecule has 0 unspecified atom stereocenters. The lowest BCUT2D eigenvalue weighted by molar-refractivity contribution is -0.000450. The van der Waals surface area contributed by atoms with Crippen molar-refractivity contribution in [3.63, 3.8) is 0 Å². The van der Waals surface area contributed by atoms with E-state index in [1.807, 2.05) is 27.8 Å². The first-order chi connectivity index (χ1) is 18.6. The van der Waals surface area contributed by atoms with E-state index in [-0.39, 0.29) is 46.8 Å². The van der Waals surface area contributed by atoms with E-state index in [1.165, 1.54) is 6.07 Å². The van der Waals surface area contributed by atoms with Crippen molar-refractivity contribution in [2.45, 2.75) is 70.1 Å². The summed E-state index contributed by atoms with van der Waals surface area (Å²) in [5.74, 6) is 0.0146. The summed E-state index contributed by atoms with van der Waals surface area (Å²) in [6, 6.07) is 10.8. The summed E-state index contributed by atoms with van der Waals surface area (Å²) in [6.45, 7) is 9.04. The van der Waals surface area contributed by atoms with Gasteiger partial charge >= 0.3 is 0 Å². The third kappa shape index (κ3) is 8.41. The molecule has 216 valence electrons. The second-order valence-electron chi connectivity index (χ2n) is 10.5. The lowest BCUT2D eigenvalue weighted by atomic mass is 10.0. The van der Waals surface area contributed by atoms with E-state index >= 15 is 0 Å². The number of sulfonamides is 1. The summed E-state index contributed by atoms with van der Waals surface area (Å²) in [5.41, 5.74) is 1.44. The highest BCUT2D eigenvalue weighted by Gasteiger charge is 2.30. The van der Waals surface area contributed by atoms with Crippen LogP contribution in [-0.4, -0.2) is 75.9 Å². The van der Waals surface area contributed by atoms with Crippen molar-refractivity contribution in [2.75, 3.05) is 38.1 Å². The monoisotopic (exact) mass is 561 g/mol. The molecular weight excluding hydrogens is 518 g/mol. The van der Waals surface area contributed by atoms with Gasteiger partial charge in [-0.1, -0.05) is 24.6 Å². The van der Waals surface area contributed by atoms with E-state index in [4.69, 9.17) is 9.47 Å². The first kappa shape index (κ1) is 30.9. The summed E-state index contributed by atoms with van der Waals surface area (Å²) in [7, 11) is -2.00. The number of rotatable bonds is 7. The van der Waals surface area contributed by atoms with E-state index in [9.17, 15) is 18.3 Å². The second-order valence-corrected chi connectivity index (χ2v) is 12.2. The van der Waals surface area contributed by atoms with Crippen LogP contribution in [0.1, 0.15) is 56.0 Å². The van der Waals surface area contributed by atoms with Gasteiger partial charge in [0.1, 0.15) is 5.75 Å². The predicted molar refractivity (Wildman–Crippen MR) is 153 cm³/mol. The van der Waals surface area contributed by atoms with Gasteiger partial charge in [-0.3, -0.25) is 9.52 Å². The van der Waals surface area contributed by atoms with Crippen LogP contribution in [0.4, 0.5) is 5.69 Å². The minimum absolute atomic E-state index is 0.0233. The van der Waals surface area contributed by atoms with Gasteiger partial charge < -0.3 is 24.8 Å². The summed E-state index contributed by atoms with van der Waals surface area (Å²) < 4.78 is 41.1. The van der Waals surface area contributed by atoms with Crippen LogP contribution in [0.25, 0.3) is 0 Å². The minimum atomic E-state index is -3.87. The Kier molecular flexibility index (Phi) is 11.2. The van der Waals surface area contributed by atoms with Gasteiger partial charge in [-0.2, -0.15) is 0 Å². The molecule has 1 heterocycles. The van der Waals surface area contributed by atoms with Crippen LogP contribution >= 0.6 is 0 Å². The highest BCUT2D eigenvalue weighted by atomic mass is 32.2. The number of likely N-dealkylation sites (N-methyl/N-ethyl adjacent to an activating group) is 1. The molecule has 0 radical (unpaired) electrons. The normalized spacial score (nSPS) is 22.4. The molecule has 1 aliphatic rings. The first-order valence-electron chi connectivity index (χ1n) is 13.6. The van der Waals surface area contributed by atoms with Gasteiger partial charge in [0.15, 0.2) is 0 Å². The topological polar surface area (TPSA) is 117 Å². The number of ether oxygens (including phenoxy) is 2. The molecule has 9 nitrogen and oxygen atoms in total. The molecule has 0 spiro atoms. The smallest absolute Gasteiger partial charge is 0.261 e. The summed E-state index contributed by atoms with van der Waals surface area (Å²) in [5, 5.41) is 13.2. The number of fused-ring (bicyclic) bond motifs is 1. The molecule has 3 rings (SSSR count). The van der Waals surface area contributed by atoms with Crippen LogP contribution in [0, 0.1) is 12.8 Å². The maximum Gasteiger partial charge on any atom is 0.261 e. The molecule has 0 fully saturated rings. The lowest BCUT2D eigenvalue weighted by Gasteiger charge is -2.34. The van der Waals surface area contributed by atoms with Crippen molar-refractivity contribution in [3.8, 4) is 5.75 Å². The fraction of sp³-hybridized carbons (Fsp3) is 0.552. The number of aliphatic hydroxyl groups is 1. The fourth-order valence-corrected chi connectivity index (χ4v) is 5.66. The number of anilines is 1. The number of carbonyl (C=O) groups is 1. The zero-order chi connectivity index (χ0) is 28.6. The van der Waals surface area contributed by atoms with Crippen molar-refractivity contribution in [1.82, 2.24) is 10.2 Å². The molecule has 10 heteroatoms. The molecule has 1 aliphatic heterocycles. The standard InChI is InChI=1S/C29H43N3O6S/c1-20-9-12-25(13-10-20)39(35,36)31-24-11-14-27-26(16-24)29(34)32(22(3)19-33)18-21(2)28(17-30-5)37-15-7-6-8-23(4)38-27/h9-14,16,21-23,28,30-31,33H,6-8,15,17-19H2,1-5H3/t21-,22-,23+,28-/m1/s1. The Morgan fingerprint density at radius 2 is 1.85 bits per heavy atom. The van der Waals surface area contributed by atoms with E-state index in [2.05, 4.69) is 10.0 Å². The highest BCUT2D eigenvalue weighted by molar-refractivity contribution is 7.92. The number of hydrogen-bond donors (Lipinski definition) is 3. The van der Waals surface area contributed by atoms with Gasteiger partial charge in [-0.15, -0.1) is 0 Å². The number of aliphatic hydroxyl groups excluding tert-OH is 1. The largest absolute Gasteiger partial charge is 0.490 e. The quantitative estimate of drug-likeness (QED) is 0.471. The Balaban J connectivity index is 2.02. The number of carbonyl (C=O) groups excluding carboxylic acids is 1. The number of hydrogen-bond acceptors (Lipinski definition) is 7. The van der Waals surface area contributed by atoms with Gasteiger partial charge in [0.05, 0.1) is 35.3 Å². The molecule has 0 saturated heterocycles. The molecule has 39 heavy (non-hydrogen) atoms. The van der Waals surface area contributed by atoms with E-state index in [0.717, 1.165) is 24.8 Å². The molecule has 0 saturated carbocycles. The second kappa shape index (κ2) is 14.1. The van der Waals surface area contributed by atoms with Gasteiger partial charge in [0, 0.05) is 31.3 Å². The maximum absolute atomic E-state index is 14.1. The third-order valence-corrected chi connectivity index (χ3v) is 8.44. The highest BCUT2D eigenvalue weighted by Crippen LogP contribution is 2.29. The Morgan fingerprint density at radius 3 is 2.51 bits per heavy atom.